The molecule has 0 spiro atoms. The normalized spacial score (nSPS) is 10.2. The van der Waals surface area contributed by atoms with Crippen molar-refractivity contribution in [2.24, 2.45) is 0 Å². The molecule has 7 nitrogen and oxygen atoms in total. The first kappa shape index (κ1) is 14.0. The lowest BCUT2D eigenvalue weighted by Gasteiger charge is -2.07. The number of methoxy groups -OCH3 is 1. The SMILES string of the molecule is COc1cc(C)nc(NC(=O)c2cnc(N)c(Cl)c2)n1. The summed E-state index contributed by atoms with van der Waals surface area (Å²) in [4.78, 5) is 23.9. The standard InChI is InChI=1S/C12H12ClN5O2/c1-6-3-9(20-2)17-12(16-6)18-11(19)7-4-8(13)10(14)15-5-7/h3-5H,1-2H3,(H2,14,15)(H,16,17,18,19). The number of carbonyl (C=O) groups is 1. The summed E-state index contributed by atoms with van der Waals surface area (Å²) in [7, 11) is 1.48. The van der Waals surface area contributed by atoms with E-state index in [2.05, 4.69) is 20.3 Å². The van der Waals surface area contributed by atoms with Gasteiger partial charge in [0.2, 0.25) is 11.8 Å². The van der Waals surface area contributed by atoms with E-state index in [0.717, 1.165) is 0 Å². The van der Waals surface area contributed by atoms with E-state index in [-0.39, 0.29) is 22.4 Å². The van der Waals surface area contributed by atoms with Crippen LogP contribution in [-0.2, 0) is 0 Å². The second-order valence-electron chi connectivity index (χ2n) is 3.92. The van der Waals surface area contributed by atoms with Crippen LogP contribution in [0.1, 0.15) is 16.1 Å². The van der Waals surface area contributed by atoms with E-state index in [1.54, 1.807) is 13.0 Å². The average molecular weight is 294 g/mol. The van der Waals surface area contributed by atoms with Gasteiger partial charge in [-0.05, 0) is 13.0 Å². The molecule has 2 heterocycles. The summed E-state index contributed by atoms with van der Waals surface area (Å²) in [6.07, 6.45) is 1.32. The molecule has 0 unspecified atom stereocenters. The van der Waals surface area contributed by atoms with Crippen LogP contribution in [0.15, 0.2) is 18.3 Å². The van der Waals surface area contributed by atoms with Gasteiger partial charge in [-0.3, -0.25) is 10.1 Å². The van der Waals surface area contributed by atoms with Crippen molar-refractivity contribution in [2.45, 2.75) is 6.92 Å². The van der Waals surface area contributed by atoms with Crippen LogP contribution in [0.2, 0.25) is 5.02 Å². The van der Waals surface area contributed by atoms with Crippen molar-refractivity contribution in [3.63, 3.8) is 0 Å². The Balaban J connectivity index is 2.23. The zero-order valence-corrected chi connectivity index (χ0v) is 11.6. The summed E-state index contributed by atoms with van der Waals surface area (Å²) in [5.74, 6) is 0.227. The minimum atomic E-state index is -0.438. The van der Waals surface area contributed by atoms with Crippen molar-refractivity contribution in [2.75, 3.05) is 18.2 Å². The zero-order chi connectivity index (χ0) is 14.7. The number of aryl methyl sites for hydroxylation is 1. The van der Waals surface area contributed by atoms with Gasteiger partial charge in [0.15, 0.2) is 0 Å². The number of anilines is 2. The summed E-state index contributed by atoms with van der Waals surface area (Å²) >= 11 is 5.82. The lowest BCUT2D eigenvalue weighted by molar-refractivity contribution is 0.102. The Bertz CT molecular complexity index is 662. The van der Waals surface area contributed by atoms with Gasteiger partial charge in [0.1, 0.15) is 5.82 Å². The number of rotatable bonds is 3. The first-order valence-corrected chi connectivity index (χ1v) is 5.99. The van der Waals surface area contributed by atoms with Gasteiger partial charge < -0.3 is 10.5 Å². The van der Waals surface area contributed by atoms with Crippen LogP contribution in [0.25, 0.3) is 0 Å². The van der Waals surface area contributed by atoms with E-state index in [0.29, 0.717) is 11.6 Å². The molecule has 0 aliphatic rings. The van der Waals surface area contributed by atoms with E-state index >= 15 is 0 Å². The van der Waals surface area contributed by atoms with Gasteiger partial charge in [-0.1, -0.05) is 11.6 Å². The van der Waals surface area contributed by atoms with Gasteiger partial charge in [0, 0.05) is 18.0 Å². The fraction of sp³-hybridized carbons (Fsp3) is 0.167. The van der Waals surface area contributed by atoms with Gasteiger partial charge in [-0.2, -0.15) is 4.98 Å². The Kier molecular flexibility index (Phi) is 3.99. The van der Waals surface area contributed by atoms with Crippen molar-refractivity contribution in [3.8, 4) is 5.88 Å². The fourth-order valence-electron chi connectivity index (χ4n) is 1.45. The monoisotopic (exact) mass is 293 g/mol. The number of hydrogen-bond acceptors (Lipinski definition) is 6. The molecule has 0 radical (unpaired) electrons. The third-order valence-electron chi connectivity index (χ3n) is 2.40. The lowest BCUT2D eigenvalue weighted by atomic mass is 10.2. The van der Waals surface area contributed by atoms with E-state index in [4.69, 9.17) is 22.1 Å². The maximum absolute atomic E-state index is 12.0. The highest BCUT2D eigenvalue weighted by Gasteiger charge is 2.11. The average Bonchev–Trinajstić information content (AvgIpc) is 2.41. The highest BCUT2D eigenvalue weighted by atomic mass is 35.5. The first-order chi connectivity index (χ1) is 9.49. The molecule has 0 saturated heterocycles. The predicted molar refractivity (Wildman–Crippen MR) is 74.9 cm³/mol. The minimum Gasteiger partial charge on any atom is -0.481 e. The fourth-order valence-corrected chi connectivity index (χ4v) is 1.61. The molecule has 0 saturated carbocycles. The first-order valence-electron chi connectivity index (χ1n) is 5.61. The summed E-state index contributed by atoms with van der Waals surface area (Å²) < 4.78 is 5.01. The molecular formula is C12H12ClN5O2. The Morgan fingerprint density at radius 3 is 2.80 bits per heavy atom. The van der Waals surface area contributed by atoms with E-state index in [1.165, 1.54) is 19.4 Å². The minimum absolute atomic E-state index is 0.139. The topological polar surface area (TPSA) is 103 Å². The van der Waals surface area contributed by atoms with E-state index in [9.17, 15) is 4.79 Å². The largest absolute Gasteiger partial charge is 0.481 e. The van der Waals surface area contributed by atoms with E-state index < -0.39 is 5.91 Å². The van der Waals surface area contributed by atoms with Crippen LogP contribution in [0.3, 0.4) is 0 Å². The number of amides is 1. The summed E-state index contributed by atoms with van der Waals surface area (Å²) in [5, 5.41) is 2.75. The maximum Gasteiger partial charge on any atom is 0.259 e. The lowest BCUT2D eigenvalue weighted by Crippen LogP contribution is -2.15. The molecule has 0 aliphatic heterocycles. The van der Waals surface area contributed by atoms with Gasteiger partial charge in [0.25, 0.3) is 5.91 Å². The van der Waals surface area contributed by atoms with Gasteiger partial charge in [-0.15, -0.1) is 0 Å². The van der Waals surface area contributed by atoms with E-state index in [1.807, 2.05) is 0 Å². The Hall–Kier alpha value is -2.41. The molecular weight excluding hydrogens is 282 g/mol. The molecule has 104 valence electrons. The molecule has 1 amide bonds. The third-order valence-corrected chi connectivity index (χ3v) is 2.70. The van der Waals surface area contributed by atoms with Crippen molar-refractivity contribution < 1.29 is 9.53 Å². The van der Waals surface area contributed by atoms with Crippen molar-refractivity contribution in [1.82, 2.24) is 15.0 Å². The maximum atomic E-state index is 12.0. The predicted octanol–water partition coefficient (Wildman–Crippen LogP) is 1.68. The van der Waals surface area contributed by atoms with Crippen molar-refractivity contribution in [1.29, 1.82) is 0 Å². The number of aromatic nitrogens is 3. The number of nitrogens with two attached hydrogens (primary N) is 1. The van der Waals surface area contributed by atoms with Gasteiger partial charge in [-0.25, -0.2) is 9.97 Å². The Labute approximate surface area is 120 Å². The quantitative estimate of drug-likeness (QED) is 0.892. The van der Waals surface area contributed by atoms with Crippen molar-refractivity contribution >= 4 is 29.3 Å². The van der Waals surface area contributed by atoms with Crippen LogP contribution in [0.4, 0.5) is 11.8 Å². The molecule has 0 fully saturated rings. The van der Waals surface area contributed by atoms with Crippen LogP contribution in [0.5, 0.6) is 5.88 Å². The number of pyridine rings is 1. The Morgan fingerprint density at radius 1 is 1.40 bits per heavy atom. The molecule has 8 heteroatoms. The summed E-state index contributed by atoms with van der Waals surface area (Å²) in [6.45, 7) is 1.77. The van der Waals surface area contributed by atoms with Crippen molar-refractivity contribution in [3.05, 3.63) is 34.6 Å². The number of nitrogens with zero attached hydrogens (tertiary/aromatic N) is 3. The van der Waals surface area contributed by atoms with Gasteiger partial charge in [0.05, 0.1) is 17.7 Å². The smallest absolute Gasteiger partial charge is 0.259 e. The number of carbonyl (C=O) groups excluding carboxylic acids is 1. The van der Waals surface area contributed by atoms with Crippen LogP contribution in [0, 0.1) is 6.92 Å². The molecule has 0 aliphatic carbocycles. The number of ether oxygens (including phenoxy) is 1. The van der Waals surface area contributed by atoms with Gasteiger partial charge >= 0.3 is 0 Å². The molecule has 20 heavy (non-hydrogen) atoms. The number of halogens is 1. The van der Waals surface area contributed by atoms with Crippen LogP contribution < -0.4 is 15.8 Å². The molecule has 2 aromatic rings. The molecule has 2 aromatic heterocycles. The molecule has 2 rings (SSSR count). The molecule has 3 N–H and O–H groups in total. The highest BCUT2D eigenvalue weighted by molar-refractivity contribution is 6.33. The molecule has 0 aromatic carbocycles. The second kappa shape index (κ2) is 5.70. The van der Waals surface area contributed by atoms with Crippen LogP contribution >= 0.6 is 11.6 Å². The molecule has 0 atom stereocenters. The summed E-state index contributed by atoms with van der Waals surface area (Å²) in [5.41, 5.74) is 6.41. The number of nitrogens with one attached hydrogen (secondary N) is 1. The van der Waals surface area contributed by atoms with Crippen LogP contribution in [-0.4, -0.2) is 28.0 Å². The summed E-state index contributed by atoms with van der Waals surface area (Å²) in [6, 6.07) is 3.07. The number of hydrogen-bond donors (Lipinski definition) is 2. The third kappa shape index (κ3) is 3.12. The zero-order valence-electron chi connectivity index (χ0n) is 10.8. The molecule has 0 bridgehead atoms. The highest BCUT2D eigenvalue weighted by Crippen LogP contribution is 2.18. The Morgan fingerprint density at radius 2 is 2.15 bits per heavy atom. The second-order valence-corrected chi connectivity index (χ2v) is 4.33. The number of nitrogen functional groups attached to an aromatic ring is 1.